The van der Waals surface area contributed by atoms with Gasteiger partial charge in [-0.05, 0) is 44.9 Å². The quantitative estimate of drug-likeness (QED) is 0.337. The van der Waals surface area contributed by atoms with Gasteiger partial charge in [0.1, 0.15) is 21.7 Å². The van der Waals surface area contributed by atoms with Crippen LogP contribution in [0, 0.1) is 0 Å². The molecular weight excluding hydrogens is 416 g/mol. The summed E-state index contributed by atoms with van der Waals surface area (Å²) < 4.78 is 9.29. The Morgan fingerprint density at radius 3 is 2.77 bits per heavy atom. The van der Waals surface area contributed by atoms with Crippen molar-refractivity contribution in [3.8, 4) is 0 Å². The molecule has 7 nitrogen and oxygen atoms in total. The number of thioether (sulfide) groups is 1. The number of nitrogens with zero attached hydrogens (tertiary/aromatic N) is 6. The molecule has 156 valence electrons. The molecule has 0 saturated carbocycles. The molecule has 0 atom stereocenters. The minimum atomic E-state index is -0.198. The molecule has 0 N–H and O–H groups in total. The zero-order valence-corrected chi connectivity index (χ0v) is 19.1. The lowest BCUT2D eigenvalue weighted by Gasteiger charge is -2.36. The van der Waals surface area contributed by atoms with Gasteiger partial charge >= 0.3 is 0 Å². The van der Waals surface area contributed by atoms with Crippen molar-refractivity contribution >= 4 is 55.0 Å². The summed E-state index contributed by atoms with van der Waals surface area (Å²) >= 11 is 3.31. The van der Waals surface area contributed by atoms with Crippen molar-refractivity contribution in [2.24, 2.45) is 0 Å². The van der Waals surface area contributed by atoms with E-state index in [2.05, 4.69) is 28.9 Å². The van der Waals surface area contributed by atoms with E-state index in [9.17, 15) is 0 Å². The van der Waals surface area contributed by atoms with Crippen molar-refractivity contribution in [3.63, 3.8) is 0 Å². The monoisotopic (exact) mass is 440 g/mol. The van der Waals surface area contributed by atoms with Crippen LogP contribution in [0.25, 0.3) is 26.1 Å². The maximum atomic E-state index is 6.25. The Balaban J connectivity index is 1.70. The number of aromatic nitrogens is 5. The lowest BCUT2D eigenvalue weighted by atomic mass is 9.90. The summed E-state index contributed by atoms with van der Waals surface area (Å²) in [5, 5.41) is 10.6. The molecule has 0 unspecified atom stereocenters. The van der Waals surface area contributed by atoms with E-state index < -0.39 is 0 Å². The average Bonchev–Trinajstić information content (AvgIpc) is 3.37. The Bertz CT molecular complexity index is 1290. The maximum absolute atomic E-state index is 6.25. The van der Waals surface area contributed by atoms with Gasteiger partial charge in [-0.3, -0.25) is 4.40 Å². The van der Waals surface area contributed by atoms with Crippen molar-refractivity contribution < 1.29 is 4.74 Å². The van der Waals surface area contributed by atoms with E-state index in [-0.39, 0.29) is 5.60 Å². The second-order valence-corrected chi connectivity index (χ2v) is 10.5. The predicted octanol–water partition coefficient (Wildman–Crippen LogP) is 4.45. The summed E-state index contributed by atoms with van der Waals surface area (Å²) in [6.07, 6.45) is 8.42. The van der Waals surface area contributed by atoms with Crippen LogP contribution in [0.4, 0.5) is 5.82 Å². The smallest absolute Gasteiger partial charge is 0.182 e. The fourth-order valence-corrected chi connectivity index (χ4v) is 6.39. The second-order valence-electron chi connectivity index (χ2n) is 8.75. The number of hydrogen-bond donors (Lipinski definition) is 0. The van der Waals surface area contributed by atoms with Gasteiger partial charge in [-0.2, -0.15) is 0 Å². The minimum absolute atomic E-state index is 0.198. The fraction of sp³-hybridized carbons (Fsp3) is 0.524. The average molecular weight is 441 g/mol. The highest BCUT2D eigenvalue weighted by Crippen LogP contribution is 2.44. The van der Waals surface area contributed by atoms with E-state index in [0.29, 0.717) is 6.61 Å². The van der Waals surface area contributed by atoms with Crippen LogP contribution in [0.5, 0.6) is 0 Å². The molecule has 4 aromatic rings. The van der Waals surface area contributed by atoms with Crippen LogP contribution in [-0.2, 0) is 17.8 Å². The molecule has 2 aliphatic heterocycles. The molecule has 1 fully saturated rings. The lowest BCUT2D eigenvalue weighted by Crippen LogP contribution is -2.36. The zero-order chi connectivity index (χ0) is 20.5. The first kappa shape index (κ1) is 18.8. The van der Waals surface area contributed by atoms with Crippen LogP contribution < -0.4 is 4.90 Å². The predicted molar refractivity (Wildman–Crippen MR) is 122 cm³/mol. The van der Waals surface area contributed by atoms with E-state index in [0.717, 1.165) is 51.2 Å². The van der Waals surface area contributed by atoms with Crippen LogP contribution in [0.3, 0.4) is 0 Å². The Hall–Kier alpha value is -1.97. The summed E-state index contributed by atoms with van der Waals surface area (Å²) in [6.45, 7) is 7.10. The van der Waals surface area contributed by atoms with E-state index in [4.69, 9.17) is 14.7 Å². The van der Waals surface area contributed by atoms with E-state index in [1.165, 1.54) is 35.8 Å². The molecule has 0 aliphatic carbocycles. The molecule has 6 heterocycles. The summed E-state index contributed by atoms with van der Waals surface area (Å²) in [4.78, 5) is 13.8. The molecule has 4 aromatic heterocycles. The molecular formula is C21H24N6OS2. The number of thiophene rings is 1. The number of rotatable bonds is 2. The minimum Gasteiger partial charge on any atom is -0.370 e. The Morgan fingerprint density at radius 2 is 1.97 bits per heavy atom. The van der Waals surface area contributed by atoms with Crippen LogP contribution in [-0.4, -0.2) is 49.5 Å². The number of anilines is 1. The Kier molecular flexibility index (Phi) is 4.23. The Labute approximate surface area is 182 Å². The standard InChI is InChI=1S/C21H24N6OS2/c1-21(2)9-12-13(10-28-21)17(26-7-5-4-6-8-26)24-19-14(12)15-16(30-19)18-25-22-11-27(18)20(23-15)29-3/h11H,4-10H2,1-3H3. The van der Waals surface area contributed by atoms with Gasteiger partial charge in [0.15, 0.2) is 10.8 Å². The molecule has 2 aliphatic rings. The van der Waals surface area contributed by atoms with Crippen LogP contribution in [0.1, 0.15) is 44.2 Å². The van der Waals surface area contributed by atoms with Crippen molar-refractivity contribution in [3.05, 3.63) is 17.5 Å². The largest absolute Gasteiger partial charge is 0.370 e. The molecule has 6 rings (SSSR count). The third-order valence-electron chi connectivity index (χ3n) is 6.22. The maximum Gasteiger partial charge on any atom is 0.182 e. The van der Waals surface area contributed by atoms with E-state index >= 15 is 0 Å². The fourth-order valence-electron chi connectivity index (χ4n) is 4.75. The number of ether oxygens (including phenoxy) is 1. The van der Waals surface area contributed by atoms with Gasteiger partial charge in [0.2, 0.25) is 0 Å². The van der Waals surface area contributed by atoms with Gasteiger partial charge in [0, 0.05) is 30.5 Å². The highest BCUT2D eigenvalue weighted by atomic mass is 32.2. The first-order valence-electron chi connectivity index (χ1n) is 10.5. The highest BCUT2D eigenvalue weighted by molar-refractivity contribution is 7.98. The zero-order valence-electron chi connectivity index (χ0n) is 17.4. The van der Waals surface area contributed by atoms with Crippen molar-refractivity contribution in [2.45, 2.75) is 56.9 Å². The van der Waals surface area contributed by atoms with Crippen LogP contribution >= 0.6 is 23.1 Å². The molecule has 0 spiro atoms. The number of piperidine rings is 1. The van der Waals surface area contributed by atoms with Crippen molar-refractivity contribution in [1.29, 1.82) is 0 Å². The molecule has 0 amide bonds. The van der Waals surface area contributed by atoms with Crippen LogP contribution in [0.15, 0.2) is 11.5 Å². The molecule has 1 saturated heterocycles. The number of hydrogen-bond acceptors (Lipinski definition) is 8. The van der Waals surface area contributed by atoms with Gasteiger partial charge in [-0.25, -0.2) is 9.97 Å². The van der Waals surface area contributed by atoms with E-state index in [1.54, 1.807) is 29.4 Å². The molecule has 0 bridgehead atoms. The summed E-state index contributed by atoms with van der Waals surface area (Å²) in [6, 6.07) is 0. The van der Waals surface area contributed by atoms with Gasteiger partial charge in [-0.15, -0.1) is 21.5 Å². The summed E-state index contributed by atoms with van der Waals surface area (Å²) in [7, 11) is 0. The topological polar surface area (TPSA) is 68.4 Å². The second kappa shape index (κ2) is 6.77. The first-order chi connectivity index (χ1) is 14.6. The molecule has 0 aromatic carbocycles. The highest BCUT2D eigenvalue weighted by Gasteiger charge is 2.33. The van der Waals surface area contributed by atoms with Gasteiger partial charge in [0.25, 0.3) is 0 Å². The Morgan fingerprint density at radius 1 is 1.13 bits per heavy atom. The van der Waals surface area contributed by atoms with Crippen molar-refractivity contribution in [1.82, 2.24) is 24.6 Å². The van der Waals surface area contributed by atoms with Gasteiger partial charge in [-0.1, -0.05) is 11.8 Å². The van der Waals surface area contributed by atoms with Crippen LogP contribution in [0.2, 0.25) is 0 Å². The number of fused-ring (bicyclic) bond motifs is 7. The van der Waals surface area contributed by atoms with Gasteiger partial charge in [0.05, 0.1) is 17.7 Å². The van der Waals surface area contributed by atoms with Crippen molar-refractivity contribution in [2.75, 3.05) is 24.2 Å². The SMILES string of the molecule is CSc1nc2c(sc3nc(N4CCCCC4)c4c(c32)CC(C)(C)OC4)c2nncn12. The molecule has 0 radical (unpaired) electrons. The lowest BCUT2D eigenvalue weighted by molar-refractivity contribution is -0.0395. The third-order valence-corrected chi connectivity index (χ3v) is 7.94. The normalized spacial score (nSPS) is 19.1. The molecule has 9 heteroatoms. The summed E-state index contributed by atoms with van der Waals surface area (Å²) in [5.74, 6) is 1.11. The van der Waals surface area contributed by atoms with Gasteiger partial charge < -0.3 is 9.64 Å². The molecule has 30 heavy (non-hydrogen) atoms. The van der Waals surface area contributed by atoms with E-state index in [1.807, 2.05) is 10.7 Å². The first-order valence-corrected chi connectivity index (χ1v) is 12.5. The number of pyridine rings is 1. The third kappa shape index (κ3) is 2.75. The summed E-state index contributed by atoms with van der Waals surface area (Å²) in [5.41, 5.74) is 4.28.